The van der Waals surface area contributed by atoms with Gasteiger partial charge < -0.3 is 29.2 Å². The molecular formula is C22H30N2O6. The van der Waals surface area contributed by atoms with Gasteiger partial charge in [0.05, 0.1) is 18.8 Å². The van der Waals surface area contributed by atoms with Crippen molar-refractivity contribution in [3.8, 4) is 0 Å². The molecule has 0 radical (unpaired) electrons. The van der Waals surface area contributed by atoms with Gasteiger partial charge >= 0.3 is 6.09 Å². The van der Waals surface area contributed by atoms with Gasteiger partial charge in [-0.1, -0.05) is 36.8 Å². The number of hydrogen-bond donors (Lipinski definition) is 1. The summed E-state index contributed by atoms with van der Waals surface area (Å²) in [4.78, 5) is 25.7. The van der Waals surface area contributed by atoms with Crippen LogP contribution in [0.2, 0.25) is 0 Å². The van der Waals surface area contributed by atoms with E-state index < -0.39 is 17.4 Å². The summed E-state index contributed by atoms with van der Waals surface area (Å²) in [6.45, 7) is 1.69. The fourth-order valence-corrected chi connectivity index (χ4v) is 4.44. The average Bonchev–Trinajstić information content (AvgIpc) is 3.17. The molecule has 3 fully saturated rings. The van der Waals surface area contributed by atoms with Crippen LogP contribution in [0.15, 0.2) is 30.3 Å². The maximum absolute atomic E-state index is 12.5. The Bertz CT molecular complexity index is 736. The minimum Gasteiger partial charge on any atom is -0.422 e. The number of likely N-dealkylation sites (tertiary alicyclic amines) is 1. The normalized spacial score (nSPS) is 25.9. The molecule has 1 saturated carbocycles. The van der Waals surface area contributed by atoms with Crippen molar-refractivity contribution in [2.24, 2.45) is 0 Å². The molecule has 1 atom stereocenters. The molecule has 2 heterocycles. The van der Waals surface area contributed by atoms with Crippen LogP contribution in [-0.2, 0) is 30.3 Å². The van der Waals surface area contributed by atoms with Gasteiger partial charge in [0.15, 0.2) is 12.6 Å². The van der Waals surface area contributed by atoms with Crippen LogP contribution in [0.1, 0.15) is 44.1 Å². The van der Waals surface area contributed by atoms with E-state index in [4.69, 9.17) is 18.9 Å². The molecule has 4 rings (SSSR count). The lowest BCUT2D eigenvalue weighted by atomic mass is 9.94. The first-order valence-electron chi connectivity index (χ1n) is 10.7. The Labute approximate surface area is 176 Å². The van der Waals surface area contributed by atoms with Gasteiger partial charge in [-0.3, -0.25) is 4.79 Å². The third-order valence-electron chi connectivity index (χ3n) is 6.09. The number of hydrogen-bond acceptors (Lipinski definition) is 6. The molecule has 1 aromatic rings. The molecule has 2 aliphatic heterocycles. The predicted molar refractivity (Wildman–Crippen MR) is 107 cm³/mol. The molecule has 1 aromatic carbocycles. The van der Waals surface area contributed by atoms with E-state index in [2.05, 4.69) is 5.32 Å². The quantitative estimate of drug-likeness (QED) is 0.715. The first kappa shape index (κ1) is 21.1. The maximum Gasteiger partial charge on any atom is 0.411 e. The lowest BCUT2D eigenvalue weighted by molar-refractivity contribution is -0.282. The molecule has 30 heavy (non-hydrogen) atoms. The molecule has 164 valence electrons. The highest BCUT2D eigenvalue weighted by molar-refractivity contribution is 5.79. The highest BCUT2D eigenvalue weighted by Gasteiger charge is 2.44. The van der Waals surface area contributed by atoms with Crippen molar-refractivity contribution in [2.75, 3.05) is 33.1 Å². The maximum atomic E-state index is 12.5. The average molecular weight is 418 g/mol. The molecule has 2 saturated heterocycles. The fraction of sp³-hybridized carbons (Fsp3) is 0.636. The Balaban J connectivity index is 1.27. The highest BCUT2D eigenvalue weighted by atomic mass is 16.8. The lowest BCUT2D eigenvalue weighted by Crippen LogP contribution is -2.58. The van der Waals surface area contributed by atoms with Gasteiger partial charge in [-0.2, -0.15) is 0 Å². The van der Waals surface area contributed by atoms with Crippen LogP contribution in [0.25, 0.3) is 0 Å². The Morgan fingerprint density at radius 3 is 2.67 bits per heavy atom. The molecule has 8 heteroatoms. The second kappa shape index (κ2) is 9.32. The van der Waals surface area contributed by atoms with Gasteiger partial charge in [-0.25, -0.2) is 4.79 Å². The van der Waals surface area contributed by atoms with E-state index in [1.807, 2.05) is 30.3 Å². The Hall–Kier alpha value is -2.16. The van der Waals surface area contributed by atoms with Gasteiger partial charge in [0.2, 0.25) is 5.91 Å². The molecular weight excluding hydrogens is 388 g/mol. The van der Waals surface area contributed by atoms with E-state index in [1.54, 1.807) is 4.90 Å². The highest BCUT2D eigenvalue weighted by Crippen LogP contribution is 2.34. The zero-order chi connectivity index (χ0) is 20.9. The molecule has 0 bridgehead atoms. The van der Waals surface area contributed by atoms with Crippen LogP contribution in [0.3, 0.4) is 0 Å². The van der Waals surface area contributed by atoms with Gasteiger partial charge in [0, 0.05) is 25.9 Å². The van der Waals surface area contributed by atoms with Crippen LogP contribution in [0, 0.1) is 0 Å². The molecule has 0 aromatic heterocycles. The number of ether oxygens (including phenoxy) is 4. The summed E-state index contributed by atoms with van der Waals surface area (Å²) in [5, 5.41) is 2.96. The number of amides is 2. The molecule has 8 nitrogen and oxygen atoms in total. The van der Waals surface area contributed by atoms with E-state index in [1.165, 1.54) is 0 Å². The third-order valence-corrected chi connectivity index (χ3v) is 6.09. The van der Waals surface area contributed by atoms with Crippen LogP contribution >= 0.6 is 0 Å². The monoisotopic (exact) mass is 418 g/mol. The summed E-state index contributed by atoms with van der Waals surface area (Å²) < 4.78 is 22.9. The number of nitrogens with one attached hydrogen (secondary N) is 1. The second-order valence-corrected chi connectivity index (χ2v) is 8.41. The zero-order valence-electron chi connectivity index (χ0n) is 17.3. The van der Waals surface area contributed by atoms with Crippen molar-refractivity contribution >= 4 is 12.0 Å². The number of morpholine rings is 1. The van der Waals surface area contributed by atoms with Crippen LogP contribution in [0.5, 0.6) is 0 Å². The second-order valence-electron chi connectivity index (χ2n) is 8.41. The van der Waals surface area contributed by atoms with Crippen molar-refractivity contribution in [1.29, 1.82) is 0 Å². The van der Waals surface area contributed by atoms with Crippen molar-refractivity contribution < 1.29 is 28.5 Å². The lowest BCUT2D eigenvalue weighted by Gasteiger charge is -2.37. The summed E-state index contributed by atoms with van der Waals surface area (Å²) in [6, 6.07) is 9.99. The topological polar surface area (TPSA) is 86.3 Å². The molecule has 2 amide bonds. The summed E-state index contributed by atoms with van der Waals surface area (Å²) in [5.41, 5.74) is 0.584. The minimum atomic E-state index is -0.716. The van der Waals surface area contributed by atoms with Gasteiger partial charge in [-0.05, 0) is 24.8 Å². The number of carbonyl (C=O) groups is 2. The first-order chi connectivity index (χ1) is 14.6. The smallest absolute Gasteiger partial charge is 0.411 e. The number of rotatable bonds is 6. The van der Waals surface area contributed by atoms with Crippen LogP contribution in [0.4, 0.5) is 4.79 Å². The molecule has 1 spiro atoms. The Morgan fingerprint density at radius 2 is 1.90 bits per heavy atom. The van der Waals surface area contributed by atoms with Gasteiger partial charge in [-0.15, -0.1) is 0 Å². The summed E-state index contributed by atoms with van der Waals surface area (Å²) in [5.74, 6) is -0.860. The third kappa shape index (κ3) is 5.11. The van der Waals surface area contributed by atoms with E-state index in [-0.39, 0.29) is 19.3 Å². The SMILES string of the molecule is O=C1COCC2(CCN(C(=O)OCOC3(OCc4ccccc4)CCCCC3)C2)N1. The van der Waals surface area contributed by atoms with E-state index in [0.717, 1.165) is 37.7 Å². The standard InChI is InChI=1S/C22H30N2O6/c25-19-14-27-16-21(23-19)11-12-24(15-21)20(26)28-17-30-22(9-5-2-6-10-22)29-13-18-7-3-1-4-8-18/h1,3-4,7-8H,2,5-6,9-17H2,(H,23,25). The van der Waals surface area contributed by atoms with Gasteiger partial charge in [0.1, 0.15) is 6.61 Å². The van der Waals surface area contributed by atoms with Crippen LogP contribution in [-0.4, -0.2) is 61.3 Å². The number of carbonyl (C=O) groups excluding carboxylic acids is 2. The minimum absolute atomic E-state index is 0.0745. The van der Waals surface area contributed by atoms with Crippen molar-refractivity contribution in [2.45, 2.75) is 56.5 Å². The Morgan fingerprint density at radius 1 is 1.10 bits per heavy atom. The van der Waals surface area contributed by atoms with E-state index >= 15 is 0 Å². The Kier molecular flexibility index (Phi) is 6.55. The molecule has 1 N–H and O–H groups in total. The van der Waals surface area contributed by atoms with Gasteiger partial charge in [0.25, 0.3) is 0 Å². The zero-order valence-corrected chi connectivity index (χ0v) is 17.3. The van der Waals surface area contributed by atoms with E-state index in [0.29, 0.717) is 32.7 Å². The largest absolute Gasteiger partial charge is 0.422 e. The predicted octanol–water partition coefficient (Wildman–Crippen LogP) is 2.57. The van der Waals surface area contributed by atoms with Crippen LogP contribution < -0.4 is 5.32 Å². The van der Waals surface area contributed by atoms with Crippen molar-refractivity contribution in [1.82, 2.24) is 10.2 Å². The summed E-state index contributed by atoms with van der Waals surface area (Å²) in [7, 11) is 0. The molecule has 1 aliphatic carbocycles. The molecule has 3 aliphatic rings. The van der Waals surface area contributed by atoms with Crippen molar-refractivity contribution in [3.63, 3.8) is 0 Å². The number of benzene rings is 1. The van der Waals surface area contributed by atoms with Crippen molar-refractivity contribution in [3.05, 3.63) is 35.9 Å². The fourth-order valence-electron chi connectivity index (χ4n) is 4.44. The summed E-state index contributed by atoms with van der Waals surface area (Å²) >= 11 is 0. The molecule has 1 unspecified atom stereocenters. The first-order valence-corrected chi connectivity index (χ1v) is 10.7. The summed E-state index contributed by atoms with van der Waals surface area (Å²) in [6.07, 6.45) is 4.98. The van der Waals surface area contributed by atoms with E-state index in [9.17, 15) is 9.59 Å². The number of nitrogens with zero attached hydrogens (tertiary/aromatic N) is 1.